The van der Waals surface area contributed by atoms with Crippen molar-refractivity contribution in [3.05, 3.63) is 29.8 Å². The summed E-state index contributed by atoms with van der Waals surface area (Å²) in [4.78, 5) is 40.3. The Morgan fingerprint density at radius 3 is 2.86 bits per heavy atom. The van der Waals surface area contributed by atoms with Gasteiger partial charge in [0.05, 0.1) is 19.6 Å². The zero-order valence-electron chi connectivity index (χ0n) is 17.0. The maximum absolute atomic E-state index is 12.4. The summed E-state index contributed by atoms with van der Waals surface area (Å²) in [5.74, 6) is 0.703. The molecule has 1 aromatic carbocycles. The first-order valence-electron chi connectivity index (χ1n) is 10.3. The highest BCUT2D eigenvalue weighted by Gasteiger charge is 2.32. The Hall–Kier alpha value is -2.61. The number of amides is 3. The highest BCUT2D eigenvalue weighted by atomic mass is 16.5. The minimum Gasteiger partial charge on any atom is -0.496 e. The van der Waals surface area contributed by atoms with E-state index in [9.17, 15) is 14.4 Å². The zero-order valence-corrected chi connectivity index (χ0v) is 17.0. The standard InChI is InChI=1S/C21H30N4O4/c1-29-18-7-3-2-6-16(18)15-25-13-10-23-21(28)17(25)14-19(26)22-9-5-12-24-11-4-8-20(24)27/h2-3,6-7,17H,4-5,8-15H2,1H3,(H,22,26)(H,23,28). The number of nitrogens with zero attached hydrogens (tertiary/aromatic N) is 2. The summed E-state index contributed by atoms with van der Waals surface area (Å²) < 4.78 is 5.41. The Kier molecular flexibility index (Phi) is 7.46. The molecule has 0 bridgehead atoms. The summed E-state index contributed by atoms with van der Waals surface area (Å²) in [6, 6.07) is 7.21. The van der Waals surface area contributed by atoms with Crippen LogP contribution in [0.1, 0.15) is 31.2 Å². The van der Waals surface area contributed by atoms with Gasteiger partial charge in [-0.2, -0.15) is 0 Å². The van der Waals surface area contributed by atoms with Crippen LogP contribution in [0.5, 0.6) is 5.75 Å². The predicted octanol–water partition coefficient (Wildman–Crippen LogP) is 0.514. The van der Waals surface area contributed by atoms with Crippen LogP contribution in [0.4, 0.5) is 0 Å². The summed E-state index contributed by atoms with van der Waals surface area (Å²) in [7, 11) is 1.63. The van der Waals surface area contributed by atoms with Gasteiger partial charge in [0.2, 0.25) is 17.7 Å². The number of hydrogen-bond acceptors (Lipinski definition) is 5. The molecule has 0 aliphatic carbocycles. The van der Waals surface area contributed by atoms with Crippen LogP contribution in [0.25, 0.3) is 0 Å². The highest BCUT2D eigenvalue weighted by Crippen LogP contribution is 2.22. The molecule has 2 saturated heterocycles. The van der Waals surface area contributed by atoms with Crippen LogP contribution in [0, 0.1) is 0 Å². The molecule has 0 aromatic heterocycles. The molecule has 0 spiro atoms. The van der Waals surface area contributed by atoms with Crippen LogP contribution in [-0.2, 0) is 20.9 Å². The minimum atomic E-state index is -0.506. The summed E-state index contributed by atoms with van der Waals surface area (Å²) in [6.07, 6.45) is 2.39. The monoisotopic (exact) mass is 402 g/mol. The second kappa shape index (κ2) is 10.2. The third-order valence-electron chi connectivity index (χ3n) is 5.48. The molecule has 3 amide bonds. The number of methoxy groups -OCH3 is 1. The van der Waals surface area contributed by atoms with E-state index in [1.54, 1.807) is 7.11 Å². The van der Waals surface area contributed by atoms with Crippen LogP contribution in [0.15, 0.2) is 24.3 Å². The second-order valence-electron chi connectivity index (χ2n) is 7.48. The number of rotatable bonds is 9. The molecule has 3 rings (SSSR count). The lowest BCUT2D eigenvalue weighted by atomic mass is 10.1. The summed E-state index contributed by atoms with van der Waals surface area (Å²) >= 11 is 0. The molecule has 0 saturated carbocycles. The Balaban J connectivity index is 1.50. The third-order valence-corrected chi connectivity index (χ3v) is 5.48. The summed E-state index contributed by atoms with van der Waals surface area (Å²) in [5.41, 5.74) is 0.991. The molecule has 8 nitrogen and oxygen atoms in total. The largest absolute Gasteiger partial charge is 0.496 e. The molecule has 2 aliphatic heterocycles. The van der Waals surface area contributed by atoms with Crippen LogP contribution >= 0.6 is 0 Å². The molecular weight excluding hydrogens is 372 g/mol. The molecule has 2 fully saturated rings. The van der Waals surface area contributed by atoms with Crippen LogP contribution in [0.2, 0.25) is 0 Å². The van der Waals surface area contributed by atoms with Crippen molar-refractivity contribution >= 4 is 17.7 Å². The molecule has 2 aliphatic rings. The topological polar surface area (TPSA) is 91.0 Å². The van der Waals surface area contributed by atoms with Gasteiger partial charge < -0.3 is 20.3 Å². The van der Waals surface area contributed by atoms with Crippen LogP contribution in [0.3, 0.4) is 0 Å². The quantitative estimate of drug-likeness (QED) is 0.588. The minimum absolute atomic E-state index is 0.115. The van der Waals surface area contributed by atoms with Crippen molar-refractivity contribution in [3.63, 3.8) is 0 Å². The van der Waals surface area contributed by atoms with Crippen molar-refractivity contribution in [1.82, 2.24) is 20.4 Å². The van der Waals surface area contributed by atoms with Gasteiger partial charge in [0, 0.05) is 51.3 Å². The first kappa shape index (κ1) is 21.1. The lowest BCUT2D eigenvalue weighted by molar-refractivity contribution is -0.134. The highest BCUT2D eigenvalue weighted by molar-refractivity contribution is 5.88. The maximum atomic E-state index is 12.4. The molecule has 1 unspecified atom stereocenters. The van der Waals surface area contributed by atoms with Gasteiger partial charge in [-0.05, 0) is 18.9 Å². The number of nitrogens with one attached hydrogen (secondary N) is 2. The smallest absolute Gasteiger partial charge is 0.237 e. The summed E-state index contributed by atoms with van der Waals surface area (Å²) in [6.45, 7) is 3.78. The van der Waals surface area contributed by atoms with Crippen molar-refractivity contribution < 1.29 is 19.1 Å². The first-order valence-corrected chi connectivity index (χ1v) is 10.3. The first-order chi connectivity index (χ1) is 14.1. The van der Waals surface area contributed by atoms with E-state index in [0.29, 0.717) is 39.1 Å². The molecular formula is C21H30N4O4. The van der Waals surface area contributed by atoms with E-state index in [2.05, 4.69) is 10.6 Å². The van der Waals surface area contributed by atoms with Crippen molar-refractivity contribution in [3.8, 4) is 5.75 Å². The Morgan fingerprint density at radius 2 is 2.10 bits per heavy atom. The van der Waals surface area contributed by atoms with E-state index in [1.807, 2.05) is 34.1 Å². The van der Waals surface area contributed by atoms with Gasteiger partial charge >= 0.3 is 0 Å². The Morgan fingerprint density at radius 1 is 1.28 bits per heavy atom. The maximum Gasteiger partial charge on any atom is 0.237 e. The van der Waals surface area contributed by atoms with Crippen molar-refractivity contribution in [2.75, 3.05) is 39.8 Å². The number of ether oxygens (including phenoxy) is 1. The SMILES string of the molecule is COc1ccccc1CN1CCNC(=O)C1CC(=O)NCCCN1CCCC1=O. The number of carbonyl (C=O) groups excluding carboxylic acids is 3. The third kappa shape index (κ3) is 5.69. The molecule has 2 N–H and O–H groups in total. The van der Waals surface area contributed by atoms with Crippen molar-refractivity contribution in [2.24, 2.45) is 0 Å². The number of likely N-dealkylation sites (tertiary alicyclic amines) is 1. The molecule has 29 heavy (non-hydrogen) atoms. The lowest BCUT2D eigenvalue weighted by Crippen LogP contribution is -2.56. The molecule has 2 heterocycles. The van der Waals surface area contributed by atoms with Gasteiger partial charge in [0.25, 0.3) is 0 Å². The number of carbonyl (C=O) groups is 3. The van der Waals surface area contributed by atoms with Gasteiger partial charge in [0.15, 0.2) is 0 Å². The van der Waals surface area contributed by atoms with Gasteiger partial charge in [-0.1, -0.05) is 18.2 Å². The zero-order chi connectivity index (χ0) is 20.6. The average Bonchev–Trinajstić information content (AvgIpc) is 3.13. The van der Waals surface area contributed by atoms with Gasteiger partial charge in [-0.15, -0.1) is 0 Å². The predicted molar refractivity (Wildman–Crippen MR) is 108 cm³/mol. The van der Waals surface area contributed by atoms with Gasteiger partial charge in [0.1, 0.15) is 5.75 Å². The van der Waals surface area contributed by atoms with E-state index in [4.69, 9.17) is 4.74 Å². The average molecular weight is 402 g/mol. The second-order valence-corrected chi connectivity index (χ2v) is 7.48. The Labute approximate surface area is 171 Å². The molecule has 8 heteroatoms. The normalized spacial score (nSPS) is 19.9. The molecule has 1 aromatic rings. The Bertz CT molecular complexity index is 739. The fraction of sp³-hybridized carbons (Fsp3) is 0.571. The van der Waals surface area contributed by atoms with Crippen LogP contribution in [-0.4, -0.2) is 73.4 Å². The fourth-order valence-corrected chi connectivity index (χ4v) is 3.91. The van der Waals surface area contributed by atoms with E-state index in [0.717, 1.165) is 30.7 Å². The van der Waals surface area contributed by atoms with Crippen molar-refractivity contribution in [2.45, 2.75) is 38.3 Å². The number of para-hydroxylation sites is 1. The molecule has 1 atom stereocenters. The molecule has 0 radical (unpaired) electrons. The van der Waals surface area contributed by atoms with E-state index >= 15 is 0 Å². The number of benzene rings is 1. The molecule has 158 valence electrons. The number of piperazine rings is 1. The lowest BCUT2D eigenvalue weighted by Gasteiger charge is -2.35. The van der Waals surface area contributed by atoms with E-state index in [1.165, 1.54) is 0 Å². The van der Waals surface area contributed by atoms with Gasteiger partial charge in [-0.3, -0.25) is 19.3 Å². The van der Waals surface area contributed by atoms with Crippen molar-refractivity contribution in [1.29, 1.82) is 0 Å². The summed E-state index contributed by atoms with van der Waals surface area (Å²) in [5, 5.41) is 5.74. The van der Waals surface area contributed by atoms with E-state index in [-0.39, 0.29) is 24.1 Å². The van der Waals surface area contributed by atoms with E-state index < -0.39 is 6.04 Å². The van der Waals surface area contributed by atoms with Gasteiger partial charge in [-0.25, -0.2) is 0 Å². The van der Waals surface area contributed by atoms with Crippen LogP contribution < -0.4 is 15.4 Å². The fourth-order valence-electron chi connectivity index (χ4n) is 3.91. The number of hydrogen-bond donors (Lipinski definition) is 2.